The fourth-order valence-corrected chi connectivity index (χ4v) is 2.67. The third-order valence-corrected chi connectivity index (χ3v) is 3.82. The van der Waals surface area contributed by atoms with Crippen molar-refractivity contribution in [3.05, 3.63) is 48.6 Å². The molecular formula is C16H22N2O. The van der Waals surface area contributed by atoms with E-state index in [2.05, 4.69) is 30.8 Å². The van der Waals surface area contributed by atoms with Gasteiger partial charge in [0.05, 0.1) is 6.04 Å². The smallest absolute Gasteiger partial charge is 0.239 e. The van der Waals surface area contributed by atoms with Crippen LogP contribution in [0.2, 0.25) is 0 Å². The first-order valence-electron chi connectivity index (χ1n) is 6.92. The molecule has 102 valence electrons. The molecule has 19 heavy (non-hydrogen) atoms. The molecule has 0 aliphatic carbocycles. The second-order valence-corrected chi connectivity index (χ2v) is 5.14. The minimum absolute atomic E-state index is 0.0615. The largest absolute Gasteiger partial charge is 0.341 e. The molecule has 0 saturated carbocycles. The molecule has 0 spiro atoms. The van der Waals surface area contributed by atoms with E-state index in [1.165, 1.54) is 5.56 Å². The van der Waals surface area contributed by atoms with Crippen LogP contribution in [0.3, 0.4) is 0 Å². The molecule has 2 N–H and O–H groups in total. The Morgan fingerprint density at radius 2 is 2.00 bits per heavy atom. The van der Waals surface area contributed by atoms with Gasteiger partial charge < -0.3 is 10.6 Å². The lowest BCUT2D eigenvalue weighted by Crippen LogP contribution is -2.46. The molecule has 0 radical (unpaired) electrons. The van der Waals surface area contributed by atoms with Crippen molar-refractivity contribution in [3.8, 4) is 0 Å². The maximum Gasteiger partial charge on any atom is 0.239 e. The van der Waals surface area contributed by atoms with Gasteiger partial charge in [-0.15, -0.1) is 6.58 Å². The third-order valence-electron chi connectivity index (χ3n) is 3.82. The van der Waals surface area contributed by atoms with E-state index in [9.17, 15) is 4.79 Å². The lowest BCUT2D eigenvalue weighted by atomic mass is 9.89. The molecule has 1 fully saturated rings. The normalized spacial score (nSPS) is 18.1. The quantitative estimate of drug-likeness (QED) is 0.842. The molecule has 1 heterocycles. The molecule has 1 unspecified atom stereocenters. The topological polar surface area (TPSA) is 46.3 Å². The summed E-state index contributed by atoms with van der Waals surface area (Å²) >= 11 is 0. The van der Waals surface area contributed by atoms with Crippen LogP contribution in [-0.2, 0) is 4.79 Å². The van der Waals surface area contributed by atoms with Crippen molar-refractivity contribution in [2.24, 2.45) is 5.73 Å². The zero-order chi connectivity index (χ0) is 13.7. The number of piperidine rings is 1. The van der Waals surface area contributed by atoms with Crippen LogP contribution in [0.4, 0.5) is 0 Å². The lowest BCUT2D eigenvalue weighted by Gasteiger charge is -2.33. The molecule has 1 saturated heterocycles. The van der Waals surface area contributed by atoms with E-state index in [4.69, 9.17) is 5.73 Å². The van der Waals surface area contributed by atoms with Crippen LogP contribution in [0.1, 0.15) is 30.7 Å². The predicted molar refractivity (Wildman–Crippen MR) is 77.8 cm³/mol. The summed E-state index contributed by atoms with van der Waals surface area (Å²) in [4.78, 5) is 14.0. The number of benzene rings is 1. The van der Waals surface area contributed by atoms with Crippen LogP contribution < -0.4 is 5.73 Å². The first kappa shape index (κ1) is 13.8. The van der Waals surface area contributed by atoms with E-state index >= 15 is 0 Å². The molecule has 3 nitrogen and oxygen atoms in total. The minimum Gasteiger partial charge on any atom is -0.341 e. The van der Waals surface area contributed by atoms with Gasteiger partial charge in [0, 0.05) is 13.1 Å². The molecule has 1 atom stereocenters. The number of carbonyl (C=O) groups is 1. The summed E-state index contributed by atoms with van der Waals surface area (Å²) in [6, 6.07) is 10.1. The lowest BCUT2D eigenvalue weighted by molar-refractivity contribution is -0.133. The maximum atomic E-state index is 12.1. The maximum absolute atomic E-state index is 12.1. The highest BCUT2D eigenvalue weighted by Crippen LogP contribution is 2.27. The molecule has 3 heteroatoms. The van der Waals surface area contributed by atoms with Crippen LogP contribution in [0.5, 0.6) is 0 Å². The molecule has 1 aliphatic heterocycles. The van der Waals surface area contributed by atoms with Gasteiger partial charge in [-0.2, -0.15) is 0 Å². The van der Waals surface area contributed by atoms with Gasteiger partial charge in [-0.3, -0.25) is 4.79 Å². The van der Waals surface area contributed by atoms with Gasteiger partial charge in [0.15, 0.2) is 0 Å². The highest BCUT2D eigenvalue weighted by molar-refractivity contribution is 5.81. The number of nitrogens with two attached hydrogens (primary N) is 1. The molecule has 2 rings (SSSR count). The number of hydrogen-bond acceptors (Lipinski definition) is 2. The molecule has 1 aliphatic rings. The van der Waals surface area contributed by atoms with Gasteiger partial charge in [0.2, 0.25) is 5.91 Å². The van der Waals surface area contributed by atoms with Crippen molar-refractivity contribution in [3.63, 3.8) is 0 Å². The van der Waals surface area contributed by atoms with E-state index < -0.39 is 6.04 Å². The minimum atomic E-state index is -0.425. The Labute approximate surface area is 115 Å². The van der Waals surface area contributed by atoms with E-state index in [-0.39, 0.29) is 5.91 Å². The van der Waals surface area contributed by atoms with Crippen LogP contribution in [0.15, 0.2) is 43.0 Å². The van der Waals surface area contributed by atoms with Crippen LogP contribution in [0, 0.1) is 0 Å². The summed E-state index contributed by atoms with van der Waals surface area (Å²) in [6.07, 6.45) is 4.31. The predicted octanol–water partition coefficient (Wildman–Crippen LogP) is 2.30. The number of carbonyl (C=O) groups excluding carboxylic acids is 1. The number of nitrogens with zero attached hydrogens (tertiary/aromatic N) is 1. The van der Waals surface area contributed by atoms with Gasteiger partial charge in [-0.05, 0) is 30.7 Å². The average molecular weight is 258 g/mol. The molecule has 1 aromatic carbocycles. The number of amides is 1. The Bertz CT molecular complexity index is 422. The van der Waals surface area contributed by atoms with Gasteiger partial charge >= 0.3 is 0 Å². The van der Waals surface area contributed by atoms with Crippen LogP contribution in [-0.4, -0.2) is 29.9 Å². The van der Waals surface area contributed by atoms with E-state index in [1.54, 1.807) is 6.08 Å². The van der Waals surface area contributed by atoms with Crippen molar-refractivity contribution in [2.45, 2.75) is 31.2 Å². The molecule has 0 bridgehead atoms. The third kappa shape index (κ3) is 3.44. The number of rotatable bonds is 4. The summed E-state index contributed by atoms with van der Waals surface area (Å²) in [7, 11) is 0. The zero-order valence-electron chi connectivity index (χ0n) is 11.3. The van der Waals surface area contributed by atoms with Gasteiger partial charge in [0.1, 0.15) is 0 Å². The van der Waals surface area contributed by atoms with E-state index in [0.717, 1.165) is 25.9 Å². The number of likely N-dealkylation sites (tertiary alicyclic amines) is 1. The second kappa shape index (κ2) is 6.53. The monoisotopic (exact) mass is 258 g/mol. The fourth-order valence-electron chi connectivity index (χ4n) is 2.67. The second-order valence-electron chi connectivity index (χ2n) is 5.14. The molecule has 1 aromatic rings. The van der Waals surface area contributed by atoms with Crippen molar-refractivity contribution < 1.29 is 4.79 Å². The average Bonchev–Trinajstić information content (AvgIpc) is 2.48. The van der Waals surface area contributed by atoms with E-state index in [0.29, 0.717) is 12.3 Å². The Morgan fingerprint density at radius 1 is 1.37 bits per heavy atom. The Hall–Kier alpha value is -1.61. The SMILES string of the molecule is C=CCC(N)C(=O)N1CCC(c2ccccc2)CC1. The highest BCUT2D eigenvalue weighted by atomic mass is 16.2. The Balaban J connectivity index is 1.89. The summed E-state index contributed by atoms with van der Waals surface area (Å²) in [5, 5.41) is 0. The van der Waals surface area contributed by atoms with Crippen molar-refractivity contribution in [1.29, 1.82) is 0 Å². The Kier molecular flexibility index (Phi) is 4.74. The van der Waals surface area contributed by atoms with Crippen molar-refractivity contribution in [1.82, 2.24) is 4.90 Å². The van der Waals surface area contributed by atoms with Gasteiger partial charge in [-0.1, -0.05) is 36.4 Å². The summed E-state index contributed by atoms with van der Waals surface area (Å²) < 4.78 is 0. The molecular weight excluding hydrogens is 236 g/mol. The van der Waals surface area contributed by atoms with Crippen molar-refractivity contribution in [2.75, 3.05) is 13.1 Å². The van der Waals surface area contributed by atoms with Crippen LogP contribution >= 0.6 is 0 Å². The summed E-state index contributed by atoms with van der Waals surface area (Å²) in [5.41, 5.74) is 7.22. The Morgan fingerprint density at radius 3 is 2.58 bits per heavy atom. The van der Waals surface area contributed by atoms with E-state index in [1.807, 2.05) is 11.0 Å². The van der Waals surface area contributed by atoms with Crippen molar-refractivity contribution >= 4 is 5.91 Å². The molecule has 0 aromatic heterocycles. The first-order chi connectivity index (χ1) is 9.22. The highest BCUT2D eigenvalue weighted by Gasteiger charge is 2.26. The van der Waals surface area contributed by atoms with Gasteiger partial charge in [0.25, 0.3) is 0 Å². The van der Waals surface area contributed by atoms with Crippen LogP contribution in [0.25, 0.3) is 0 Å². The van der Waals surface area contributed by atoms with Gasteiger partial charge in [-0.25, -0.2) is 0 Å². The fraction of sp³-hybridized carbons (Fsp3) is 0.438. The zero-order valence-corrected chi connectivity index (χ0v) is 11.3. The summed E-state index contributed by atoms with van der Waals surface area (Å²) in [6.45, 7) is 5.25. The standard InChI is InChI=1S/C16H22N2O/c1-2-6-15(17)16(19)18-11-9-14(10-12-18)13-7-4-3-5-8-13/h2-5,7-8,14-15H,1,6,9-12,17H2. The first-order valence-corrected chi connectivity index (χ1v) is 6.92. The number of hydrogen-bond donors (Lipinski definition) is 1. The molecule has 1 amide bonds. The summed E-state index contributed by atoms with van der Waals surface area (Å²) in [5.74, 6) is 0.632.